The van der Waals surface area contributed by atoms with E-state index in [1.54, 1.807) is 0 Å². The summed E-state index contributed by atoms with van der Waals surface area (Å²) in [4.78, 5) is 12.1. The second-order valence-corrected chi connectivity index (χ2v) is 9.29. The van der Waals surface area contributed by atoms with Crippen LogP contribution in [0.4, 0.5) is 0 Å². The summed E-state index contributed by atoms with van der Waals surface area (Å²) < 4.78 is 32.3. The number of rotatable bonds is 7. The highest BCUT2D eigenvalue weighted by Gasteiger charge is 2.55. The number of hydrogen-bond acceptors (Lipinski definition) is 15. The molecule has 0 aliphatic carbocycles. The van der Waals surface area contributed by atoms with Crippen LogP contribution in [0.15, 0.2) is 24.5 Å². The molecule has 4 rings (SSSR count). The number of esters is 1. The molecule has 0 unspecified atom stereocenters. The fourth-order valence-corrected chi connectivity index (χ4v) is 4.75. The number of aliphatic hydroxyl groups excluding tert-OH is 7. The van der Waals surface area contributed by atoms with E-state index >= 15 is 0 Å². The van der Waals surface area contributed by atoms with E-state index in [1.807, 2.05) is 0 Å². The second-order valence-electron chi connectivity index (χ2n) is 9.29. The smallest absolute Gasteiger partial charge is 0.340 e. The number of fused-ring (bicyclic) bond motifs is 1. The lowest BCUT2D eigenvalue weighted by Crippen LogP contribution is -2.62. The molecule has 0 amide bonds. The van der Waals surface area contributed by atoms with Crippen molar-refractivity contribution in [3.63, 3.8) is 0 Å². The molecule has 3 saturated heterocycles. The van der Waals surface area contributed by atoms with Crippen LogP contribution in [0.5, 0.6) is 0 Å². The van der Waals surface area contributed by atoms with Gasteiger partial charge in [0.1, 0.15) is 60.0 Å². The lowest BCUT2D eigenvalue weighted by molar-refractivity contribution is -0.355. The van der Waals surface area contributed by atoms with Crippen molar-refractivity contribution in [2.24, 2.45) is 5.92 Å². The standard InChI is InChI=1S/C22H32O15/c1-2-8-19(33-6-9-18(30)32-4-3-22(8,9)31)37-21-17(29)15(27)13(25)11(36-21)7-34-20-16(28)14(26)12(24)10(5-23)35-20/h2,6,8,10-17,19-21,23-29,31H,1,3-5,7H2/t8-,10+,11+,12+,13+,14-,15-,16+,17+,19-,20+,21-,22+/m0/s1. The second kappa shape index (κ2) is 11.2. The summed E-state index contributed by atoms with van der Waals surface area (Å²) in [7, 11) is 0. The van der Waals surface area contributed by atoms with Crippen LogP contribution in [0.2, 0.25) is 0 Å². The molecule has 210 valence electrons. The van der Waals surface area contributed by atoms with Gasteiger partial charge in [0.15, 0.2) is 12.6 Å². The van der Waals surface area contributed by atoms with Gasteiger partial charge in [0.25, 0.3) is 0 Å². The summed E-state index contributed by atoms with van der Waals surface area (Å²) in [6.07, 6.45) is -15.0. The molecule has 8 N–H and O–H groups in total. The monoisotopic (exact) mass is 536 g/mol. The maximum Gasteiger partial charge on any atom is 0.340 e. The van der Waals surface area contributed by atoms with Crippen LogP contribution in [0.25, 0.3) is 0 Å². The van der Waals surface area contributed by atoms with Gasteiger partial charge in [0.05, 0.1) is 32.0 Å². The molecule has 0 saturated carbocycles. The third-order valence-electron chi connectivity index (χ3n) is 7.03. The van der Waals surface area contributed by atoms with E-state index in [9.17, 15) is 45.6 Å². The van der Waals surface area contributed by atoms with Crippen molar-refractivity contribution in [2.45, 2.75) is 79.7 Å². The lowest BCUT2D eigenvalue weighted by Gasteiger charge is -2.47. The summed E-state index contributed by atoms with van der Waals surface area (Å²) >= 11 is 0. The molecule has 4 heterocycles. The predicted molar refractivity (Wildman–Crippen MR) is 115 cm³/mol. The maximum atomic E-state index is 12.1. The zero-order valence-corrected chi connectivity index (χ0v) is 19.6. The first kappa shape index (κ1) is 28.3. The quantitative estimate of drug-likeness (QED) is 0.113. The molecule has 0 aromatic heterocycles. The first-order valence-corrected chi connectivity index (χ1v) is 11.7. The van der Waals surface area contributed by atoms with Crippen molar-refractivity contribution >= 4 is 5.97 Å². The van der Waals surface area contributed by atoms with Crippen molar-refractivity contribution in [3.8, 4) is 0 Å². The highest BCUT2D eigenvalue weighted by atomic mass is 16.8. The lowest BCUT2D eigenvalue weighted by atomic mass is 9.76. The number of ether oxygens (including phenoxy) is 6. The van der Waals surface area contributed by atoms with Gasteiger partial charge in [-0.25, -0.2) is 4.79 Å². The zero-order valence-electron chi connectivity index (χ0n) is 19.6. The van der Waals surface area contributed by atoms with Crippen molar-refractivity contribution in [2.75, 3.05) is 19.8 Å². The van der Waals surface area contributed by atoms with Crippen LogP contribution in [0, 0.1) is 5.92 Å². The van der Waals surface area contributed by atoms with Gasteiger partial charge in [0, 0.05) is 6.42 Å². The molecule has 13 atom stereocenters. The normalized spacial score (nSPS) is 48.3. The molecule has 37 heavy (non-hydrogen) atoms. The molecule has 0 aromatic rings. The average Bonchev–Trinajstić information content (AvgIpc) is 2.87. The van der Waals surface area contributed by atoms with E-state index in [2.05, 4.69) is 6.58 Å². The molecule has 3 fully saturated rings. The van der Waals surface area contributed by atoms with Gasteiger partial charge in [0.2, 0.25) is 6.29 Å². The van der Waals surface area contributed by atoms with Gasteiger partial charge in [-0.3, -0.25) is 0 Å². The van der Waals surface area contributed by atoms with Crippen LogP contribution in [0.1, 0.15) is 6.42 Å². The minimum Gasteiger partial charge on any atom is -0.471 e. The van der Waals surface area contributed by atoms with E-state index in [1.165, 1.54) is 6.08 Å². The van der Waals surface area contributed by atoms with E-state index in [0.717, 1.165) is 6.26 Å². The number of carbonyl (C=O) groups is 1. The first-order chi connectivity index (χ1) is 17.5. The minimum atomic E-state index is -1.79. The molecule has 4 aliphatic heterocycles. The molecule has 4 aliphatic rings. The van der Waals surface area contributed by atoms with Crippen LogP contribution < -0.4 is 0 Å². The zero-order chi connectivity index (χ0) is 27.1. The predicted octanol–water partition coefficient (Wildman–Crippen LogP) is -4.65. The maximum absolute atomic E-state index is 12.1. The Labute approximate surface area is 210 Å². The Bertz CT molecular complexity index is 865. The number of aliphatic hydroxyl groups is 8. The van der Waals surface area contributed by atoms with Gasteiger partial charge in [-0.1, -0.05) is 6.08 Å². The summed E-state index contributed by atoms with van der Waals surface area (Å²) in [5, 5.41) is 81.6. The van der Waals surface area contributed by atoms with Crippen LogP contribution in [0.3, 0.4) is 0 Å². The molecule has 15 nitrogen and oxygen atoms in total. The van der Waals surface area contributed by atoms with Gasteiger partial charge >= 0.3 is 5.97 Å². The first-order valence-electron chi connectivity index (χ1n) is 11.7. The number of cyclic esters (lactones) is 1. The Morgan fingerprint density at radius 1 is 0.946 bits per heavy atom. The Balaban J connectivity index is 1.44. The highest BCUT2D eigenvalue weighted by molar-refractivity contribution is 5.91. The minimum absolute atomic E-state index is 0.0233. The number of carbonyl (C=O) groups excluding carboxylic acids is 1. The molecule has 0 radical (unpaired) electrons. The van der Waals surface area contributed by atoms with Gasteiger partial charge in [-0.15, -0.1) is 6.58 Å². The van der Waals surface area contributed by atoms with Crippen molar-refractivity contribution < 1.29 is 74.1 Å². The van der Waals surface area contributed by atoms with Crippen molar-refractivity contribution in [1.29, 1.82) is 0 Å². The van der Waals surface area contributed by atoms with E-state index in [0.29, 0.717) is 0 Å². The van der Waals surface area contributed by atoms with Crippen molar-refractivity contribution in [3.05, 3.63) is 24.5 Å². The van der Waals surface area contributed by atoms with Gasteiger partial charge < -0.3 is 69.3 Å². The number of hydrogen-bond donors (Lipinski definition) is 8. The molecular formula is C22H32O15. The topological polar surface area (TPSA) is 234 Å². The largest absolute Gasteiger partial charge is 0.471 e. The Kier molecular flexibility index (Phi) is 8.54. The Hall–Kier alpha value is -1.73. The SMILES string of the molecule is C=C[C@H]1[C@H](O[C@@H]2O[C@H](CO[C@@H]3O[C@H](CO)[C@@H](O)[C@H](O)[C@H]3O)[C@@H](O)[C@H](O)[C@H]2O)OC=C2C(=O)OCC[C@]21O. The molecule has 15 heteroatoms. The molecule has 0 bridgehead atoms. The molecule has 0 spiro atoms. The average molecular weight is 536 g/mol. The molecular weight excluding hydrogens is 504 g/mol. The van der Waals surface area contributed by atoms with Crippen molar-refractivity contribution in [1.82, 2.24) is 0 Å². The summed E-state index contributed by atoms with van der Waals surface area (Å²) in [6, 6.07) is 0. The fraction of sp³-hybridized carbons (Fsp3) is 0.773. The Morgan fingerprint density at radius 3 is 2.22 bits per heavy atom. The summed E-state index contributed by atoms with van der Waals surface area (Å²) in [5.74, 6) is -1.78. The van der Waals surface area contributed by atoms with E-state index in [4.69, 9.17) is 28.4 Å². The van der Waals surface area contributed by atoms with Gasteiger partial charge in [-0.2, -0.15) is 0 Å². The van der Waals surface area contributed by atoms with Crippen LogP contribution in [-0.2, 0) is 33.2 Å². The third-order valence-corrected chi connectivity index (χ3v) is 7.03. The van der Waals surface area contributed by atoms with E-state index in [-0.39, 0.29) is 18.6 Å². The highest BCUT2D eigenvalue weighted by Crippen LogP contribution is 2.42. The molecule has 0 aromatic carbocycles. The fourth-order valence-electron chi connectivity index (χ4n) is 4.75. The third kappa shape index (κ3) is 5.15. The summed E-state index contributed by atoms with van der Waals surface area (Å²) in [6.45, 7) is 2.36. The van der Waals surface area contributed by atoms with E-state index < -0.39 is 98.4 Å². The van der Waals surface area contributed by atoms with Gasteiger partial charge in [-0.05, 0) is 0 Å². The Morgan fingerprint density at radius 2 is 1.57 bits per heavy atom. The van der Waals surface area contributed by atoms with Crippen LogP contribution >= 0.6 is 0 Å². The summed E-state index contributed by atoms with van der Waals surface area (Å²) in [5.41, 5.74) is -1.86. The van der Waals surface area contributed by atoms with Crippen LogP contribution in [-0.4, -0.2) is 140 Å².